The van der Waals surface area contributed by atoms with Gasteiger partial charge in [0.1, 0.15) is 17.0 Å². The second-order valence-electron chi connectivity index (χ2n) is 12.3. The lowest BCUT2D eigenvalue weighted by molar-refractivity contribution is 0.669. The predicted molar refractivity (Wildman–Crippen MR) is 200 cm³/mol. The molecule has 0 radical (unpaired) electrons. The summed E-state index contributed by atoms with van der Waals surface area (Å²) in [6.07, 6.45) is 0. The molecule has 10 aromatic rings. The first-order valence-corrected chi connectivity index (χ1v) is 16.3. The first-order chi connectivity index (χ1) is 23.8. The Hall–Kier alpha value is -6.45. The van der Waals surface area contributed by atoms with E-state index in [0.29, 0.717) is 0 Å². The van der Waals surface area contributed by atoms with Crippen molar-refractivity contribution in [1.29, 1.82) is 0 Å². The molecule has 0 unspecified atom stereocenters. The van der Waals surface area contributed by atoms with Crippen LogP contribution in [-0.4, -0.2) is 9.55 Å². The fourth-order valence-electron chi connectivity index (χ4n) is 7.43. The average Bonchev–Trinajstić information content (AvgIpc) is 3.73. The maximum Gasteiger partial charge on any atom is 0.145 e. The molecule has 0 spiro atoms. The van der Waals surface area contributed by atoms with Gasteiger partial charge in [0.15, 0.2) is 0 Å². The quantitative estimate of drug-likeness (QED) is 0.185. The van der Waals surface area contributed by atoms with Gasteiger partial charge in [-0.25, -0.2) is 4.98 Å². The number of hydrogen-bond acceptors (Lipinski definition) is 2. The number of nitrogens with zero attached hydrogens (tertiary/aromatic N) is 2. The third-order valence-corrected chi connectivity index (χ3v) is 9.58. The number of fused-ring (bicyclic) bond motifs is 6. The molecule has 0 aliphatic heterocycles. The van der Waals surface area contributed by atoms with Gasteiger partial charge in [-0.15, -0.1) is 0 Å². The molecule has 3 nitrogen and oxygen atoms in total. The highest BCUT2D eigenvalue weighted by Crippen LogP contribution is 2.45. The van der Waals surface area contributed by atoms with E-state index in [2.05, 4.69) is 162 Å². The molecule has 0 amide bonds. The molecular weight excluding hydrogens is 585 g/mol. The zero-order valence-corrected chi connectivity index (χ0v) is 26.0. The maximum absolute atomic E-state index is 6.25. The molecule has 0 aliphatic carbocycles. The molecule has 0 saturated heterocycles. The summed E-state index contributed by atoms with van der Waals surface area (Å²) in [6.45, 7) is 0. The highest BCUT2D eigenvalue weighted by molar-refractivity contribution is 6.20. The fourth-order valence-corrected chi connectivity index (χ4v) is 7.43. The number of benzene rings is 8. The second kappa shape index (κ2) is 10.5. The Kier molecular flexibility index (Phi) is 5.87. The molecule has 3 heteroatoms. The van der Waals surface area contributed by atoms with Gasteiger partial charge in [-0.3, -0.25) is 4.57 Å². The Balaban J connectivity index is 1.37. The van der Waals surface area contributed by atoms with Crippen LogP contribution in [0.3, 0.4) is 0 Å². The van der Waals surface area contributed by atoms with Crippen molar-refractivity contribution in [2.75, 3.05) is 0 Å². The Bertz CT molecular complexity index is 2830. The molecule has 8 aromatic carbocycles. The van der Waals surface area contributed by atoms with E-state index in [1.807, 2.05) is 12.1 Å². The van der Waals surface area contributed by atoms with Gasteiger partial charge in [0.2, 0.25) is 0 Å². The highest BCUT2D eigenvalue weighted by Gasteiger charge is 2.22. The first kappa shape index (κ1) is 26.7. The molecule has 0 atom stereocenters. The standard InChI is InChI=1S/C45H28N2O/c1-3-13-29(14-4-1)31-23-25-36-38(27-31)43(32-24-26-42-37(28-32)33-17-9-12-22-41(33)48-42)34-18-7-8-19-35(34)44(36)47-40-21-11-10-20-39(40)46-45(47)30-15-5-2-6-16-30/h1-28H. The van der Waals surface area contributed by atoms with Crippen molar-refractivity contribution < 1.29 is 4.42 Å². The van der Waals surface area contributed by atoms with Crippen LogP contribution in [0.1, 0.15) is 0 Å². The van der Waals surface area contributed by atoms with Crippen molar-refractivity contribution in [2.45, 2.75) is 0 Å². The minimum atomic E-state index is 0.896. The molecule has 48 heavy (non-hydrogen) atoms. The third kappa shape index (κ3) is 4.04. The van der Waals surface area contributed by atoms with Crippen LogP contribution in [0.25, 0.3) is 93.8 Å². The zero-order chi connectivity index (χ0) is 31.6. The molecular formula is C45H28N2O. The summed E-state index contributed by atoms with van der Waals surface area (Å²) in [7, 11) is 0. The van der Waals surface area contributed by atoms with Crippen LogP contribution in [0.5, 0.6) is 0 Å². The average molecular weight is 613 g/mol. The van der Waals surface area contributed by atoms with Gasteiger partial charge >= 0.3 is 0 Å². The smallest absolute Gasteiger partial charge is 0.145 e. The number of hydrogen-bond donors (Lipinski definition) is 0. The summed E-state index contributed by atoms with van der Waals surface area (Å²) in [5.41, 5.74) is 10.8. The van der Waals surface area contributed by atoms with Crippen LogP contribution in [0, 0.1) is 0 Å². The van der Waals surface area contributed by atoms with E-state index in [1.54, 1.807) is 0 Å². The first-order valence-electron chi connectivity index (χ1n) is 16.3. The number of para-hydroxylation sites is 3. The maximum atomic E-state index is 6.25. The largest absolute Gasteiger partial charge is 0.456 e. The van der Waals surface area contributed by atoms with Crippen molar-refractivity contribution in [3.05, 3.63) is 170 Å². The van der Waals surface area contributed by atoms with Gasteiger partial charge < -0.3 is 4.42 Å². The van der Waals surface area contributed by atoms with Gasteiger partial charge in [0.25, 0.3) is 0 Å². The number of furan rings is 1. The molecule has 2 aromatic heterocycles. The molecule has 0 aliphatic rings. The van der Waals surface area contributed by atoms with Crippen molar-refractivity contribution in [3.63, 3.8) is 0 Å². The predicted octanol–water partition coefficient (Wildman–Crippen LogP) is 12.2. The van der Waals surface area contributed by atoms with Crippen LogP contribution < -0.4 is 0 Å². The van der Waals surface area contributed by atoms with Crippen LogP contribution in [0.4, 0.5) is 0 Å². The number of rotatable bonds is 4. The molecule has 2 heterocycles. The molecule has 0 fully saturated rings. The van der Waals surface area contributed by atoms with Crippen molar-refractivity contribution in [3.8, 4) is 39.3 Å². The SMILES string of the molecule is c1ccc(-c2ccc3c(-n4c(-c5ccccc5)nc5ccccc54)c4ccccc4c(-c4ccc5oc6ccccc6c5c4)c3c2)cc1. The zero-order valence-electron chi connectivity index (χ0n) is 26.0. The number of aromatic nitrogens is 2. The minimum absolute atomic E-state index is 0.896. The fraction of sp³-hybridized carbons (Fsp3) is 0. The second-order valence-corrected chi connectivity index (χ2v) is 12.3. The molecule has 0 bridgehead atoms. The summed E-state index contributed by atoms with van der Waals surface area (Å²) in [5.74, 6) is 0.925. The Labute approximate surface area is 277 Å². The highest BCUT2D eigenvalue weighted by atomic mass is 16.3. The van der Waals surface area contributed by atoms with Crippen LogP contribution in [-0.2, 0) is 0 Å². The lowest BCUT2D eigenvalue weighted by Crippen LogP contribution is -2.01. The van der Waals surface area contributed by atoms with Crippen molar-refractivity contribution >= 4 is 54.5 Å². The summed E-state index contributed by atoms with van der Waals surface area (Å²) >= 11 is 0. The topological polar surface area (TPSA) is 31.0 Å². The minimum Gasteiger partial charge on any atom is -0.456 e. The van der Waals surface area contributed by atoms with E-state index in [4.69, 9.17) is 9.40 Å². The molecule has 0 saturated carbocycles. The number of imidazole rings is 1. The summed E-state index contributed by atoms with van der Waals surface area (Å²) < 4.78 is 8.62. The van der Waals surface area contributed by atoms with Gasteiger partial charge in [-0.1, -0.05) is 133 Å². The lowest BCUT2D eigenvalue weighted by Gasteiger charge is -2.21. The van der Waals surface area contributed by atoms with Crippen LogP contribution in [0.15, 0.2) is 174 Å². The van der Waals surface area contributed by atoms with E-state index in [9.17, 15) is 0 Å². The van der Waals surface area contributed by atoms with Crippen LogP contribution in [0.2, 0.25) is 0 Å². The Morgan fingerprint density at radius 2 is 1.00 bits per heavy atom. The Morgan fingerprint density at radius 3 is 1.83 bits per heavy atom. The van der Waals surface area contributed by atoms with Gasteiger partial charge in [0.05, 0.1) is 16.7 Å². The van der Waals surface area contributed by atoms with E-state index >= 15 is 0 Å². The van der Waals surface area contributed by atoms with Crippen molar-refractivity contribution in [1.82, 2.24) is 9.55 Å². The Morgan fingerprint density at radius 1 is 0.396 bits per heavy atom. The van der Waals surface area contributed by atoms with Gasteiger partial charge in [0, 0.05) is 27.1 Å². The molecule has 0 N–H and O–H groups in total. The van der Waals surface area contributed by atoms with Crippen LogP contribution >= 0.6 is 0 Å². The summed E-state index contributed by atoms with van der Waals surface area (Å²) in [6, 6.07) is 60.3. The monoisotopic (exact) mass is 612 g/mol. The van der Waals surface area contributed by atoms with Crippen molar-refractivity contribution in [2.24, 2.45) is 0 Å². The lowest BCUT2D eigenvalue weighted by atomic mass is 9.88. The summed E-state index contributed by atoms with van der Waals surface area (Å²) in [5, 5.41) is 6.96. The van der Waals surface area contributed by atoms with E-state index < -0.39 is 0 Å². The third-order valence-electron chi connectivity index (χ3n) is 9.58. The van der Waals surface area contributed by atoms with Gasteiger partial charge in [-0.05, 0) is 69.4 Å². The summed E-state index contributed by atoms with van der Waals surface area (Å²) in [4.78, 5) is 5.23. The molecule has 10 rings (SSSR count). The normalized spacial score (nSPS) is 11.8. The van der Waals surface area contributed by atoms with Gasteiger partial charge in [-0.2, -0.15) is 0 Å². The van der Waals surface area contributed by atoms with E-state index in [-0.39, 0.29) is 0 Å². The van der Waals surface area contributed by atoms with E-state index in [1.165, 1.54) is 38.2 Å². The van der Waals surface area contributed by atoms with E-state index in [0.717, 1.165) is 55.6 Å². The molecule has 224 valence electrons.